The molecule has 0 fully saturated rings. The molecular weight excluding hydrogens is 224 g/mol. The minimum absolute atomic E-state index is 0.487. The van der Waals surface area contributed by atoms with Crippen molar-refractivity contribution in [1.82, 2.24) is 5.32 Å². The van der Waals surface area contributed by atoms with E-state index in [-0.39, 0.29) is 0 Å². The molecule has 0 saturated carbocycles. The van der Waals surface area contributed by atoms with Crippen molar-refractivity contribution in [3.63, 3.8) is 0 Å². The van der Waals surface area contributed by atoms with Gasteiger partial charge in [-0.1, -0.05) is 6.07 Å². The number of unbranched alkanes of at least 4 members (excludes halogenated alkanes) is 1. The minimum atomic E-state index is 0.487. The van der Waals surface area contributed by atoms with Crippen molar-refractivity contribution in [3.8, 4) is 11.8 Å². The molecule has 1 aromatic rings. The van der Waals surface area contributed by atoms with Crippen molar-refractivity contribution in [2.75, 3.05) is 13.7 Å². The summed E-state index contributed by atoms with van der Waals surface area (Å²) in [5.74, 6) is 0.934. The molecule has 0 radical (unpaired) electrons. The molecule has 0 bridgehead atoms. The topological polar surface area (TPSA) is 45.0 Å². The molecule has 2 rings (SSSR count). The Labute approximate surface area is 109 Å². The first kappa shape index (κ1) is 12.9. The molecule has 1 aliphatic rings. The second kappa shape index (κ2) is 6.42. The zero-order valence-corrected chi connectivity index (χ0v) is 10.9. The van der Waals surface area contributed by atoms with Crippen LogP contribution < -0.4 is 10.1 Å². The standard InChI is InChI=1S/C15H20N2O/c1-17-15-6-4-5-12-11-13(7-8-14(12)15)18-10-3-2-9-16/h7-8,11,15,17H,2-6,10H2,1H3. The molecule has 3 heteroatoms. The van der Waals surface area contributed by atoms with E-state index in [9.17, 15) is 0 Å². The third-order valence-corrected chi connectivity index (χ3v) is 3.48. The van der Waals surface area contributed by atoms with Crippen LogP contribution in [0.1, 0.15) is 42.9 Å². The van der Waals surface area contributed by atoms with Gasteiger partial charge in [-0.2, -0.15) is 5.26 Å². The lowest BCUT2D eigenvalue weighted by Gasteiger charge is -2.25. The van der Waals surface area contributed by atoms with Gasteiger partial charge in [0.2, 0.25) is 0 Å². The number of hydrogen-bond acceptors (Lipinski definition) is 3. The maximum atomic E-state index is 8.47. The van der Waals surface area contributed by atoms with Gasteiger partial charge in [-0.25, -0.2) is 0 Å². The van der Waals surface area contributed by atoms with Crippen LogP contribution in [0.4, 0.5) is 0 Å². The van der Waals surface area contributed by atoms with Gasteiger partial charge in [-0.3, -0.25) is 0 Å². The van der Waals surface area contributed by atoms with E-state index in [4.69, 9.17) is 10.00 Å². The number of hydrogen-bond donors (Lipinski definition) is 1. The van der Waals surface area contributed by atoms with Gasteiger partial charge in [-0.05, 0) is 56.0 Å². The summed E-state index contributed by atoms with van der Waals surface area (Å²) in [6, 6.07) is 8.99. The van der Waals surface area contributed by atoms with Gasteiger partial charge in [0.25, 0.3) is 0 Å². The molecule has 0 spiro atoms. The van der Waals surface area contributed by atoms with E-state index in [1.54, 1.807) is 0 Å². The van der Waals surface area contributed by atoms with E-state index in [0.29, 0.717) is 19.1 Å². The minimum Gasteiger partial charge on any atom is -0.494 e. The Morgan fingerprint density at radius 1 is 1.50 bits per heavy atom. The summed E-state index contributed by atoms with van der Waals surface area (Å²) in [7, 11) is 2.02. The summed E-state index contributed by atoms with van der Waals surface area (Å²) in [5, 5.41) is 11.8. The van der Waals surface area contributed by atoms with Gasteiger partial charge in [0, 0.05) is 12.5 Å². The molecule has 0 amide bonds. The summed E-state index contributed by atoms with van der Waals surface area (Å²) in [5.41, 5.74) is 2.81. The Balaban J connectivity index is 2.01. The first-order valence-electron chi connectivity index (χ1n) is 6.65. The van der Waals surface area contributed by atoms with Crippen LogP contribution in [0.5, 0.6) is 5.75 Å². The summed E-state index contributed by atoms with van der Waals surface area (Å²) in [6.45, 7) is 0.627. The second-order valence-electron chi connectivity index (χ2n) is 4.70. The van der Waals surface area contributed by atoms with Crippen LogP contribution >= 0.6 is 0 Å². The zero-order valence-electron chi connectivity index (χ0n) is 10.9. The average Bonchev–Trinajstić information content (AvgIpc) is 2.42. The van der Waals surface area contributed by atoms with Gasteiger partial charge in [-0.15, -0.1) is 0 Å². The number of benzene rings is 1. The van der Waals surface area contributed by atoms with Crippen molar-refractivity contribution >= 4 is 0 Å². The molecule has 0 heterocycles. The predicted octanol–water partition coefficient (Wildman–Crippen LogP) is 2.97. The molecule has 18 heavy (non-hydrogen) atoms. The summed E-state index contributed by atoms with van der Waals surface area (Å²) < 4.78 is 5.67. The fraction of sp³-hybridized carbons (Fsp3) is 0.533. The molecule has 96 valence electrons. The Morgan fingerprint density at radius 2 is 2.39 bits per heavy atom. The number of rotatable bonds is 5. The Bertz CT molecular complexity index is 437. The monoisotopic (exact) mass is 244 g/mol. The highest BCUT2D eigenvalue weighted by Crippen LogP contribution is 2.31. The number of fused-ring (bicyclic) bond motifs is 1. The van der Waals surface area contributed by atoms with E-state index in [0.717, 1.165) is 18.6 Å². The zero-order chi connectivity index (χ0) is 12.8. The summed E-state index contributed by atoms with van der Waals surface area (Å²) in [6.07, 6.45) is 4.95. The van der Waals surface area contributed by atoms with Crippen molar-refractivity contribution in [2.45, 2.75) is 38.1 Å². The third kappa shape index (κ3) is 3.02. The van der Waals surface area contributed by atoms with E-state index < -0.39 is 0 Å². The first-order valence-corrected chi connectivity index (χ1v) is 6.65. The molecule has 1 aromatic carbocycles. The highest BCUT2D eigenvalue weighted by atomic mass is 16.5. The normalized spacial score (nSPS) is 17.9. The fourth-order valence-corrected chi connectivity index (χ4v) is 2.52. The van der Waals surface area contributed by atoms with Crippen molar-refractivity contribution in [2.24, 2.45) is 0 Å². The Morgan fingerprint density at radius 3 is 3.17 bits per heavy atom. The van der Waals surface area contributed by atoms with Gasteiger partial charge in [0.05, 0.1) is 12.7 Å². The van der Waals surface area contributed by atoms with Crippen LogP contribution in [0.25, 0.3) is 0 Å². The Kier molecular flexibility index (Phi) is 4.60. The van der Waals surface area contributed by atoms with Gasteiger partial charge >= 0.3 is 0 Å². The van der Waals surface area contributed by atoms with Crippen molar-refractivity contribution in [1.29, 1.82) is 5.26 Å². The number of aryl methyl sites for hydroxylation is 1. The highest BCUT2D eigenvalue weighted by Gasteiger charge is 2.18. The molecule has 1 unspecified atom stereocenters. The molecular formula is C15H20N2O. The third-order valence-electron chi connectivity index (χ3n) is 3.48. The summed E-state index contributed by atoms with van der Waals surface area (Å²) in [4.78, 5) is 0. The van der Waals surface area contributed by atoms with E-state index in [1.807, 2.05) is 13.1 Å². The smallest absolute Gasteiger partial charge is 0.119 e. The molecule has 0 saturated heterocycles. The van der Waals surface area contributed by atoms with Crippen LogP contribution in [0.3, 0.4) is 0 Å². The number of ether oxygens (including phenoxy) is 1. The maximum Gasteiger partial charge on any atom is 0.119 e. The molecule has 0 aliphatic heterocycles. The maximum absolute atomic E-state index is 8.47. The molecule has 0 aromatic heterocycles. The van der Waals surface area contributed by atoms with Crippen molar-refractivity contribution in [3.05, 3.63) is 29.3 Å². The fourth-order valence-electron chi connectivity index (χ4n) is 2.52. The quantitative estimate of drug-likeness (QED) is 0.810. The lowest BCUT2D eigenvalue weighted by Crippen LogP contribution is -2.21. The predicted molar refractivity (Wildman–Crippen MR) is 71.5 cm³/mol. The van der Waals surface area contributed by atoms with Crippen molar-refractivity contribution < 1.29 is 4.74 Å². The lowest BCUT2D eigenvalue weighted by molar-refractivity contribution is 0.312. The van der Waals surface area contributed by atoms with Crippen LogP contribution in [-0.4, -0.2) is 13.7 Å². The van der Waals surface area contributed by atoms with E-state index in [2.05, 4.69) is 23.5 Å². The van der Waals surface area contributed by atoms with E-state index >= 15 is 0 Å². The average molecular weight is 244 g/mol. The van der Waals surface area contributed by atoms with Crippen LogP contribution in [0.15, 0.2) is 18.2 Å². The van der Waals surface area contributed by atoms with Gasteiger partial charge < -0.3 is 10.1 Å². The largest absolute Gasteiger partial charge is 0.494 e. The van der Waals surface area contributed by atoms with E-state index in [1.165, 1.54) is 24.0 Å². The number of nitriles is 1. The molecule has 3 nitrogen and oxygen atoms in total. The SMILES string of the molecule is CNC1CCCc2cc(OCCCC#N)ccc21. The number of nitrogens with zero attached hydrogens (tertiary/aromatic N) is 1. The highest BCUT2D eigenvalue weighted by molar-refractivity contribution is 5.39. The van der Waals surface area contributed by atoms with Crippen LogP contribution in [0.2, 0.25) is 0 Å². The Hall–Kier alpha value is -1.53. The van der Waals surface area contributed by atoms with Gasteiger partial charge in [0.15, 0.2) is 0 Å². The van der Waals surface area contributed by atoms with Gasteiger partial charge in [0.1, 0.15) is 5.75 Å². The molecule has 1 N–H and O–H groups in total. The van der Waals surface area contributed by atoms with Crippen LogP contribution in [-0.2, 0) is 6.42 Å². The number of nitrogens with one attached hydrogen (secondary N) is 1. The second-order valence-corrected chi connectivity index (χ2v) is 4.70. The lowest BCUT2D eigenvalue weighted by atomic mass is 9.87. The molecule has 1 atom stereocenters. The van der Waals surface area contributed by atoms with Crippen LogP contribution in [0, 0.1) is 11.3 Å². The first-order chi connectivity index (χ1) is 8.85. The summed E-state index contributed by atoms with van der Waals surface area (Å²) >= 11 is 0. The molecule has 1 aliphatic carbocycles.